The Morgan fingerprint density at radius 2 is 0.610 bits per heavy atom. The molecule has 0 unspecified atom stereocenters. The molecule has 0 saturated carbocycles. The van der Waals surface area contributed by atoms with E-state index in [-0.39, 0.29) is 0 Å². The molecule has 0 fully saturated rings. The standard InChI is InChI=1S/C54H37N3S2/c1-6-20-38(21-7-1)55(39-22-8-2-9-23-39)47-36-46-44-30-16-18-32-50(44)58-52(46)37-48(47)57(42-28-14-5-15-29-42)43-34-49(54-45-31-17-19-33-51(45)59-53(54)35-43)56(40-24-10-3-11-25-40)41-26-12-4-13-27-41/h1-37H. The lowest BCUT2D eigenvalue weighted by molar-refractivity contribution is 1.23. The molecule has 0 aliphatic heterocycles. The summed E-state index contributed by atoms with van der Waals surface area (Å²) in [5.74, 6) is 0. The molecule has 280 valence electrons. The number of benzene rings is 9. The van der Waals surface area contributed by atoms with E-state index in [0.717, 1.165) is 51.2 Å². The fourth-order valence-electron chi connectivity index (χ4n) is 8.40. The molecule has 59 heavy (non-hydrogen) atoms. The summed E-state index contributed by atoms with van der Waals surface area (Å²) in [7, 11) is 0. The smallest absolute Gasteiger partial charge is 0.0716 e. The summed E-state index contributed by atoms with van der Waals surface area (Å²) >= 11 is 3.71. The molecule has 0 aliphatic carbocycles. The van der Waals surface area contributed by atoms with Crippen molar-refractivity contribution in [2.45, 2.75) is 0 Å². The first-order valence-electron chi connectivity index (χ1n) is 19.8. The minimum absolute atomic E-state index is 1.07. The van der Waals surface area contributed by atoms with Crippen molar-refractivity contribution in [1.82, 2.24) is 0 Å². The third-order valence-electron chi connectivity index (χ3n) is 11.0. The van der Waals surface area contributed by atoms with Crippen molar-refractivity contribution < 1.29 is 0 Å². The Balaban J connectivity index is 1.26. The number of anilines is 9. The van der Waals surface area contributed by atoms with Crippen molar-refractivity contribution >= 4 is 114 Å². The fourth-order valence-corrected chi connectivity index (χ4v) is 10.7. The van der Waals surface area contributed by atoms with Gasteiger partial charge in [-0.05, 0) is 97.1 Å². The van der Waals surface area contributed by atoms with Crippen LogP contribution in [0.15, 0.2) is 224 Å². The molecule has 2 aromatic heterocycles. The van der Waals surface area contributed by atoms with Crippen LogP contribution >= 0.6 is 22.7 Å². The largest absolute Gasteiger partial charge is 0.310 e. The Morgan fingerprint density at radius 3 is 1.12 bits per heavy atom. The highest BCUT2D eigenvalue weighted by molar-refractivity contribution is 7.26. The number of hydrogen-bond acceptors (Lipinski definition) is 5. The predicted molar refractivity (Wildman–Crippen MR) is 256 cm³/mol. The van der Waals surface area contributed by atoms with E-state index in [2.05, 4.69) is 239 Å². The van der Waals surface area contributed by atoms with Gasteiger partial charge in [-0.2, -0.15) is 0 Å². The van der Waals surface area contributed by atoms with Gasteiger partial charge in [0.25, 0.3) is 0 Å². The number of fused-ring (bicyclic) bond motifs is 6. The Morgan fingerprint density at radius 1 is 0.237 bits per heavy atom. The molecular weight excluding hydrogens is 755 g/mol. The summed E-state index contributed by atoms with van der Waals surface area (Å²) in [6.45, 7) is 0. The molecule has 0 bridgehead atoms. The fraction of sp³-hybridized carbons (Fsp3) is 0. The summed E-state index contributed by atoms with van der Waals surface area (Å²) in [5, 5.41) is 5.01. The van der Waals surface area contributed by atoms with Crippen molar-refractivity contribution in [3.05, 3.63) is 224 Å². The normalized spacial score (nSPS) is 11.4. The quantitative estimate of drug-likeness (QED) is 0.144. The number of hydrogen-bond donors (Lipinski definition) is 0. The van der Waals surface area contributed by atoms with Gasteiger partial charge in [-0.3, -0.25) is 0 Å². The van der Waals surface area contributed by atoms with E-state index in [1.54, 1.807) is 0 Å². The van der Waals surface area contributed by atoms with Crippen LogP contribution in [0.1, 0.15) is 0 Å². The molecule has 3 nitrogen and oxygen atoms in total. The molecular formula is C54H37N3S2. The average molecular weight is 792 g/mol. The van der Waals surface area contributed by atoms with Gasteiger partial charge < -0.3 is 14.7 Å². The van der Waals surface area contributed by atoms with Gasteiger partial charge in [-0.25, -0.2) is 0 Å². The topological polar surface area (TPSA) is 9.72 Å². The van der Waals surface area contributed by atoms with Crippen LogP contribution in [0.25, 0.3) is 40.3 Å². The highest BCUT2D eigenvalue weighted by Gasteiger charge is 2.27. The first-order valence-corrected chi connectivity index (χ1v) is 21.5. The Labute approximate surface area is 351 Å². The highest BCUT2D eigenvalue weighted by Crippen LogP contribution is 2.53. The van der Waals surface area contributed by atoms with Crippen LogP contribution < -0.4 is 14.7 Å². The van der Waals surface area contributed by atoms with E-state index in [4.69, 9.17) is 0 Å². The molecule has 11 aromatic rings. The van der Waals surface area contributed by atoms with E-state index >= 15 is 0 Å². The average Bonchev–Trinajstić information content (AvgIpc) is 3.86. The number of thiophene rings is 2. The number of para-hydroxylation sites is 5. The molecule has 0 aliphatic rings. The van der Waals surface area contributed by atoms with Gasteiger partial charge in [0.2, 0.25) is 0 Å². The van der Waals surface area contributed by atoms with Gasteiger partial charge in [0.1, 0.15) is 0 Å². The van der Waals surface area contributed by atoms with E-state index in [0.29, 0.717) is 0 Å². The molecule has 0 N–H and O–H groups in total. The van der Waals surface area contributed by atoms with E-state index < -0.39 is 0 Å². The van der Waals surface area contributed by atoms with Gasteiger partial charge >= 0.3 is 0 Å². The molecule has 2 heterocycles. The van der Waals surface area contributed by atoms with Gasteiger partial charge in [0.15, 0.2) is 0 Å². The second-order valence-electron chi connectivity index (χ2n) is 14.6. The number of rotatable bonds is 9. The van der Waals surface area contributed by atoms with E-state index in [1.807, 2.05) is 22.7 Å². The zero-order valence-electron chi connectivity index (χ0n) is 32.0. The predicted octanol–water partition coefficient (Wildman–Crippen LogP) is 16.8. The SMILES string of the molecule is c1ccc(N(c2cc(N(c3ccccc3)c3ccccc3)c3c(c2)sc2ccccc23)c2cc3sc4ccccc4c3cc2N(c2ccccc2)c2ccccc2)cc1. The molecule has 0 radical (unpaired) electrons. The molecule has 9 aromatic carbocycles. The number of nitrogens with zero attached hydrogens (tertiary/aromatic N) is 3. The Kier molecular flexibility index (Phi) is 8.88. The van der Waals surface area contributed by atoms with Crippen molar-refractivity contribution in [2.75, 3.05) is 14.7 Å². The maximum Gasteiger partial charge on any atom is 0.0716 e. The summed E-state index contributed by atoms with van der Waals surface area (Å²) in [6.07, 6.45) is 0. The summed E-state index contributed by atoms with van der Waals surface area (Å²) in [5.41, 5.74) is 9.83. The molecule has 11 rings (SSSR count). The molecule has 0 atom stereocenters. The maximum atomic E-state index is 2.47. The van der Waals surface area contributed by atoms with Gasteiger partial charge in [-0.15, -0.1) is 22.7 Å². The van der Waals surface area contributed by atoms with Crippen LogP contribution in [0, 0.1) is 0 Å². The van der Waals surface area contributed by atoms with Crippen LogP contribution in [0.2, 0.25) is 0 Å². The van der Waals surface area contributed by atoms with Crippen LogP contribution in [0.4, 0.5) is 51.2 Å². The monoisotopic (exact) mass is 791 g/mol. The molecule has 0 spiro atoms. The molecule has 5 heteroatoms. The lowest BCUT2D eigenvalue weighted by Gasteiger charge is -2.34. The zero-order valence-corrected chi connectivity index (χ0v) is 33.7. The first kappa shape index (κ1) is 35.0. The Hall–Kier alpha value is -7.18. The van der Waals surface area contributed by atoms with Crippen LogP contribution in [0.5, 0.6) is 0 Å². The third kappa shape index (κ3) is 6.29. The zero-order chi connectivity index (χ0) is 39.1. The van der Waals surface area contributed by atoms with E-state index in [9.17, 15) is 0 Å². The summed E-state index contributed by atoms with van der Waals surface area (Å²) in [4.78, 5) is 7.31. The van der Waals surface area contributed by atoms with Crippen molar-refractivity contribution in [2.24, 2.45) is 0 Å². The Bertz CT molecular complexity index is 3140. The van der Waals surface area contributed by atoms with Crippen LogP contribution in [0.3, 0.4) is 0 Å². The van der Waals surface area contributed by atoms with Gasteiger partial charge in [0, 0.05) is 74.5 Å². The second kappa shape index (κ2) is 15.0. The second-order valence-corrected chi connectivity index (χ2v) is 16.7. The van der Waals surface area contributed by atoms with Gasteiger partial charge in [-0.1, -0.05) is 127 Å². The van der Waals surface area contributed by atoms with Crippen molar-refractivity contribution in [3.63, 3.8) is 0 Å². The van der Waals surface area contributed by atoms with Crippen LogP contribution in [-0.4, -0.2) is 0 Å². The lowest BCUT2D eigenvalue weighted by atomic mass is 10.0. The first-order chi connectivity index (χ1) is 29.3. The summed E-state index contributed by atoms with van der Waals surface area (Å²) in [6, 6.07) is 81.1. The minimum atomic E-state index is 1.07. The lowest BCUT2D eigenvalue weighted by Crippen LogP contribution is -2.17. The van der Waals surface area contributed by atoms with Gasteiger partial charge in [0.05, 0.1) is 17.1 Å². The molecule has 0 saturated heterocycles. The molecule has 0 amide bonds. The van der Waals surface area contributed by atoms with E-state index in [1.165, 1.54) is 40.3 Å². The minimum Gasteiger partial charge on any atom is -0.310 e. The maximum absolute atomic E-state index is 2.47. The third-order valence-corrected chi connectivity index (χ3v) is 13.2. The highest BCUT2D eigenvalue weighted by atomic mass is 32.1. The van der Waals surface area contributed by atoms with Crippen LogP contribution in [-0.2, 0) is 0 Å². The van der Waals surface area contributed by atoms with Crippen molar-refractivity contribution in [1.29, 1.82) is 0 Å². The summed E-state index contributed by atoms with van der Waals surface area (Å²) < 4.78 is 5.01. The van der Waals surface area contributed by atoms with Crippen molar-refractivity contribution in [3.8, 4) is 0 Å².